The fourth-order valence-corrected chi connectivity index (χ4v) is 2.24. The lowest BCUT2D eigenvalue weighted by atomic mass is 10.3. The molecule has 94 valence electrons. The standard InChI is InChI=1S/C11H11ClN4OS/c1-6-3-4-9(18-6)7(2)14-15-8-5-13-16-11(17)10(8)12/h3-5H,1-2H3,(H2,15,16,17)/b14-7-. The molecule has 0 radical (unpaired) electrons. The molecular formula is C11H11ClN4OS. The lowest BCUT2D eigenvalue weighted by Gasteiger charge is -2.02. The van der Waals surface area contributed by atoms with Crippen LogP contribution < -0.4 is 11.0 Å². The van der Waals surface area contributed by atoms with Crippen molar-refractivity contribution in [3.8, 4) is 0 Å². The van der Waals surface area contributed by atoms with Gasteiger partial charge in [-0.25, -0.2) is 5.10 Å². The third-order valence-electron chi connectivity index (χ3n) is 2.24. The summed E-state index contributed by atoms with van der Waals surface area (Å²) in [6.45, 7) is 3.92. The Morgan fingerprint density at radius 3 is 3.00 bits per heavy atom. The van der Waals surface area contributed by atoms with Crippen LogP contribution in [0.4, 0.5) is 5.69 Å². The molecule has 0 aliphatic heterocycles. The van der Waals surface area contributed by atoms with Gasteiger partial charge in [-0.15, -0.1) is 11.3 Å². The van der Waals surface area contributed by atoms with Gasteiger partial charge in [-0.2, -0.15) is 10.2 Å². The predicted octanol–water partition coefficient (Wildman–Crippen LogP) is 2.63. The van der Waals surface area contributed by atoms with E-state index >= 15 is 0 Å². The summed E-state index contributed by atoms with van der Waals surface area (Å²) >= 11 is 7.46. The Hall–Kier alpha value is -1.66. The molecule has 0 aromatic carbocycles. The first-order valence-electron chi connectivity index (χ1n) is 5.18. The highest BCUT2D eigenvalue weighted by Gasteiger charge is 2.05. The van der Waals surface area contributed by atoms with Crippen LogP contribution in [0.2, 0.25) is 5.02 Å². The monoisotopic (exact) mass is 282 g/mol. The highest BCUT2D eigenvalue weighted by molar-refractivity contribution is 7.14. The third kappa shape index (κ3) is 2.77. The van der Waals surface area contributed by atoms with Gasteiger partial charge in [0.1, 0.15) is 10.7 Å². The van der Waals surface area contributed by atoms with Crippen LogP contribution in [0.3, 0.4) is 0 Å². The number of H-pyrrole nitrogens is 1. The van der Waals surface area contributed by atoms with Gasteiger partial charge in [0, 0.05) is 4.88 Å². The number of rotatable bonds is 3. The van der Waals surface area contributed by atoms with E-state index in [-0.39, 0.29) is 5.02 Å². The van der Waals surface area contributed by atoms with Crippen LogP contribution in [0.15, 0.2) is 28.2 Å². The maximum atomic E-state index is 11.2. The second-order valence-electron chi connectivity index (χ2n) is 3.65. The molecule has 0 saturated heterocycles. The number of anilines is 1. The normalized spacial score (nSPS) is 11.6. The van der Waals surface area contributed by atoms with E-state index < -0.39 is 5.56 Å². The van der Waals surface area contributed by atoms with E-state index in [9.17, 15) is 4.79 Å². The molecule has 0 unspecified atom stereocenters. The Bertz CT molecular complexity index is 646. The Morgan fingerprint density at radius 1 is 1.56 bits per heavy atom. The fourth-order valence-electron chi connectivity index (χ4n) is 1.29. The average Bonchev–Trinajstić information content (AvgIpc) is 2.77. The molecule has 2 heterocycles. The van der Waals surface area contributed by atoms with E-state index in [0.29, 0.717) is 5.69 Å². The number of nitrogens with one attached hydrogen (secondary N) is 2. The predicted molar refractivity (Wildman–Crippen MR) is 74.8 cm³/mol. The summed E-state index contributed by atoms with van der Waals surface area (Å²) in [7, 11) is 0. The van der Waals surface area contributed by atoms with E-state index in [1.165, 1.54) is 11.1 Å². The second kappa shape index (κ2) is 5.32. The van der Waals surface area contributed by atoms with Crippen LogP contribution in [0.25, 0.3) is 0 Å². The minimum atomic E-state index is -0.443. The van der Waals surface area contributed by atoms with Gasteiger partial charge in [-0.1, -0.05) is 11.6 Å². The van der Waals surface area contributed by atoms with Crippen molar-refractivity contribution in [3.63, 3.8) is 0 Å². The van der Waals surface area contributed by atoms with Crippen LogP contribution in [-0.4, -0.2) is 15.9 Å². The van der Waals surface area contributed by atoms with Crippen LogP contribution in [0.1, 0.15) is 16.7 Å². The topological polar surface area (TPSA) is 70.1 Å². The zero-order valence-corrected chi connectivity index (χ0v) is 11.4. The Morgan fingerprint density at radius 2 is 2.33 bits per heavy atom. The lowest BCUT2D eigenvalue weighted by molar-refractivity contribution is 0.987. The van der Waals surface area contributed by atoms with Gasteiger partial charge in [0.05, 0.1) is 16.8 Å². The number of hydrogen-bond donors (Lipinski definition) is 2. The summed E-state index contributed by atoms with van der Waals surface area (Å²) in [6.07, 6.45) is 1.42. The highest BCUT2D eigenvalue weighted by atomic mass is 35.5. The third-order valence-corrected chi connectivity index (χ3v) is 3.72. The van der Waals surface area contributed by atoms with E-state index in [1.807, 2.05) is 26.0 Å². The molecule has 7 heteroatoms. The van der Waals surface area contributed by atoms with Crippen molar-refractivity contribution in [2.45, 2.75) is 13.8 Å². The fraction of sp³-hybridized carbons (Fsp3) is 0.182. The lowest BCUT2D eigenvalue weighted by Crippen LogP contribution is -2.10. The van der Waals surface area contributed by atoms with Gasteiger partial charge in [0.15, 0.2) is 0 Å². The van der Waals surface area contributed by atoms with Gasteiger partial charge in [0.2, 0.25) is 0 Å². The zero-order valence-electron chi connectivity index (χ0n) is 9.82. The van der Waals surface area contributed by atoms with E-state index in [2.05, 4.69) is 20.7 Å². The molecule has 0 atom stereocenters. The molecular weight excluding hydrogens is 272 g/mol. The van der Waals surface area contributed by atoms with Crippen molar-refractivity contribution in [3.05, 3.63) is 43.5 Å². The second-order valence-corrected chi connectivity index (χ2v) is 5.31. The molecule has 18 heavy (non-hydrogen) atoms. The molecule has 2 N–H and O–H groups in total. The number of thiophene rings is 1. The molecule has 0 saturated carbocycles. The molecule has 0 amide bonds. The number of hydrogen-bond acceptors (Lipinski definition) is 5. The maximum Gasteiger partial charge on any atom is 0.285 e. The van der Waals surface area contributed by atoms with Gasteiger partial charge >= 0.3 is 0 Å². The number of aromatic nitrogens is 2. The average molecular weight is 283 g/mol. The summed E-state index contributed by atoms with van der Waals surface area (Å²) in [5.41, 5.74) is 3.50. The van der Waals surface area contributed by atoms with Crippen molar-refractivity contribution in [1.29, 1.82) is 0 Å². The van der Waals surface area contributed by atoms with Gasteiger partial charge < -0.3 is 0 Å². The van der Waals surface area contributed by atoms with Gasteiger partial charge in [-0.3, -0.25) is 10.2 Å². The molecule has 2 aromatic rings. The van der Waals surface area contributed by atoms with Crippen LogP contribution in [0.5, 0.6) is 0 Å². The molecule has 2 aromatic heterocycles. The number of aryl methyl sites for hydroxylation is 1. The highest BCUT2D eigenvalue weighted by Crippen LogP contribution is 2.17. The van der Waals surface area contributed by atoms with E-state index in [1.54, 1.807) is 11.3 Å². The quantitative estimate of drug-likeness (QED) is 0.671. The van der Waals surface area contributed by atoms with Crippen molar-refractivity contribution in [2.75, 3.05) is 5.43 Å². The molecule has 0 spiro atoms. The smallest absolute Gasteiger partial charge is 0.275 e. The minimum absolute atomic E-state index is 0.0453. The summed E-state index contributed by atoms with van der Waals surface area (Å²) in [4.78, 5) is 13.5. The van der Waals surface area contributed by atoms with Crippen molar-refractivity contribution >= 4 is 34.3 Å². The summed E-state index contributed by atoms with van der Waals surface area (Å²) in [6, 6.07) is 4.03. The van der Waals surface area contributed by atoms with E-state index in [4.69, 9.17) is 11.6 Å². The molecule has 5 nitrogen and oxygen atoms in total. The first-order valence-corrected chi connectivity index (χ1v) is 6.37. The molecule has 0 bridgehead atoms. The number of hydrazone groups is 1. The summed E-state index contributed by atoms with van der Waals surface area (Å²) in [5, 5.41) is 10.1. The van der Waals surface area contributed by atoms with Crippen molar-refractivity contribution in [2.24, 2.45) is 5.10 Å². The Balaban J connectivity index is 2.20. The van der Waals surface area contributed by atoms with Crippen LogP contribution in [-0.2, 0) is 0 Å². The largest absolute Gasteiger partial charge is 0.285 e. The number of nitrogens with zero attached hydrogens (tertiary/aromatic N) is 2. The number of aromatic amines is 1. The molecule has 0 aliphatic rings. The maximum absolute atomic E-state index is 11.2. The van der Waals surface area contributed by atoms with E-state index in [0.717, 1.165) is 10.6 Å². The summed E-state index contributed by atoms with van der Waals surface area (Å²) in [5.74, 6) is 0. The zero-order chi connectivity index (χ0) is 13.1. The van der Waals surface area contributed by atoms with Crippen molar-refractivity contribution in [1.82, 2.24) is 10.2 Å². The Labute approximate surface area is 113 Å². The number of halogens is 1. The summed E-state index contributed by atoms with van der Waals surface area (Å²) < 4.78 is 0. The SMILES string of the molecule is C/C(=N/Nc1cn[nH]c(=O)c1Cl)c1ccc(C)s1. The molecule has 0 fully saturated rings. The minimum Gasteiger partial charge on any atom is -0.275 e. The van der Waals surface area contributed by atoms with Gasteiger partial charge in [-0.05, 0) is 26.0 Å². The van der Waals surface area contributed by atoms with Gasteiger partial charge in [0.25, 0.3) is 5.56 Å². The molecule has 0 aliphatic carbocycles. The Kier molecular flexibility index (Phi) is 3.78. The van der Waals surface area contributed by atoms with Crippen LogP contribution in [0, 0.1) is 6.92 Å². The first kappa shape index (κ1) is 12.8. The first-order chi connectivity index (χ1) is 8.58. The molecule has 2 rings (SSSR count). The van der Waals surface area contributed by atoms with Crippen LogP contribution >= 0.6 is 22.9 Å². The van der Waals surface area contributed by atoms with Crippen molar-refractivity contribution < 1.29 is 0 Å².